The summed E-state index contributed by atoms with van der Waals surface area (Å²) in [5, 5.41) is 3.64. The van der Waals surface area contributed by atoms with Crippen LogP contribution in [0.15, 0.2) is 24.4 Å². The molecule has 0 radical (unpaired) electrons. The smallest absolute Gasteiger partial charge is 0.0421 e. The summed E-state index contributed by atoms with van der Waals surface area (Å²) >= 11 is 0. The van der Waals surface area contributed by atoms with Gasteiger partial charge in [-0.15, -0.1) is 0 Å². The molecule has 1 heterocycles. The summed E-state index contributed by atoms with van der Waals surface area (Å²) in [7, 11) is 4.20. The second-order valence-corrected chi connectivity index (χ2v) is 5.14. The molecule has 0 aromatic carbocycles. The summed E-state index contributed by atoms with van der Waals surface area (Å²) in [5.74, 6) is 0. The molecule has 96 valence electrons. The molecule has 0 bridgehead atoms. The van der Waals surface area contributed by atoms with Crippen molar-refractivity contribution in [1.82, 2.24) is 15.2 Å². The van der Waals surface area contributed by atoms with Gasteiger partial charge in [0.25, 0.3) is 0 Å². The van der Waals surface area contributed by atoms with Gasteiger partial charge in [0, 0.05) is 36.9 Å². The average molecular weight is 235 g/mol. The second kappa shape index (κ2) is 6.72. The van der Waals surface area contributed by atoms with Crippen LogP contribution in [0.4, 0.5) is 0 Å². The molecule has 0 aliphatic heterocycles. The highest BCUT2D eigenvalue weighted by molar-refractivity contribution is 5.07. The highest BCUT2D eigenvalue weighted by atomic mass is 15.1. The maximum absolute atomic E-state index is 4.40. The van der Waals surface area contributed by atoms with Crippen molar-refractivity contribution in [2.24, 2.45) is 0 Å². The molecule has 1 aromatic heterocycles. The zero-order valence-electron chi connectivity index (χ0n) is 11.5. The monoisotopic (exact) mass is 235 g/mol. The molecule has 3 heteroatoms. The minimum Gasteiger partial charge on any atom is -0.310 e. The third kappa shape index (κ3) is 5.29. The van der Waals surface area contributed by atoms with Crippen molar-refractivity contribution in [3.63, 3.8) is 0 Å². The van der Waals surface area contributed by atoms with E-state index in [0.717, 1.165) is 31.6 Å². The molecule has 17 heavy (non-hydrogen) atoms. The van der Waals surface area contributed by atoms with Gasteiger partial charge < -0.3 is 10.2 Å². The van der Waals surface area contributed by atoms with Crippen molar-refractivity contribution in [1.29, 1.82) is 0 Å². The minimum atomic E-state index is 0.143. The average Bonchev–Trinajstić information content (AvgIpc) is 2.30. The van der Waals surface area contributed by atoms with Crippen LogP contribution in [0.2, 0.25) is 0 Å². The highest BCUT2D eigenvalue weighted by Gasteiger charge is 2.21. The molecule has 0 spiro atoms. The van der Waals surface area contributed by atoms with Crippen LogP contribution >= 0.6 is 0 Å². The van der Waals surface area contributed by atoms with Crippen LogP contribution in [0.25, 0.3) is 0 Å². The van der Waals surface area contributed by atoms with Crippen molar-refractivity contribution < 1.29 is 0 Å². The number of hydrogen-bond acceptors (Lipinski definition) is 3. The van der Waals surface area contributed by atoms with E-state index in [9.17, 15) is 0 Å². The van der Waals surface area contributed by atoms with Crippen LogP contribution < -0.4 is 5.32 Å². The molecular weight excluding hydrogens is 210 g/mol. The molecule has 1 rings (SSSR count). The van der Waals surface area contributed by atoms with E-state index in [1.54, 1.807) is 0 Å². The largest absolute Gasteiger partial charge is 0.310 e. The van der Waals surface area contributed by atoms with Gasteiger partial charge in [-0.3, -0.25) is 4.98 Å². The third-order valence-electron chi connectivity index (χ3n) is 3.19. The van der Waals surface area contributed by atoms with Crippen molar-refractivity contribution in [2.75, 3.05) is 27.2 Å². The van der Waals surface area contributed by atoms with Gasteiger partial charge in [-0.05, 0) is 39.6 Å². The molecule has 0 amide bonds. The molecule has 3 nitrogen and oxygen atoms in total. The molecule has 1 unspecified atom stereocenters. The van der Waals surface area contributed by atoms with Crippen LogP contribution in [0, 0.1) is 0 Å². The van der Waals surface area contributed by atoms with E-state index in [1.165, 1.54) is 0 Å². The topological polar surface area (TPSA) is 28.2 Å². The number of rotatable bonds is 7. The number of likely N-dealkylation sites (N-methyl/N-ethyl adjacent to an activating group) is 1. The van der Waals surface area contributed by atoms with Gasteiger partial charge in [0.15, 0.2) is 0 Å². The van der Waals surface area contributed by atoms with E-state index >= 15 is 0 Å². The molecule has 0 aliphatic rings. The fourth-order valence-electron chi connectivity index (χ4n) is 1.80. The molecule has 0 fully saturated rings. The normalized spacial score (nSPS) is 14.9. The Balaban J connectivity index is 2.50. The molecule has 0 aliphatic carbocycles. The third-order valence-corrected chi connectivity index (χ3v) is 3.19. The predicted molar refractivity (Wildman–Crippen MR) is 73.2 cm³/mol. The Morgan fingerprint density at radius 3 is 2.65 bits per heavy atom. The number of aromatic nitrogens is 1. The van der Waals surface area contributed by atoms with Crippen LogP contribution in [-0.2, 0) is 6.42 Å². The Kier molecular flexibility index (Phi) is 5.59. The Morgan fingerprint density at radius 2 is 2.12 bits per heavy atom. The lowest BCUT2D eigenvalue weighted by molar-refractivity contribution is 0.308. The second-order valence-electron chi connectivity index (χ2n) is 5.14. The van der Waals surface area contributed by atoms with E-state index in [-0.39, 0.29) is 5.54 Å². The molecule has 1 N–H and O–H groups in total. The van der Waals surface area contributed by atoms with Gasteiger partial charge in [0.2, 0.25) is 0 Å². The summed E-state index contributed by atoms with van der Waals surface area (Å²) in [6.45, 7) is 6.59. The van der Waals surface area contributed by atoms with Crippen LogP contribution in [0.5, 0.6) is 0 Å². The fourth-order valence-corrected chi connectivity index (χ4v) is 1.80. The van der Waals surface area contributed by atoms with Gasteiger partial charge in [-0.2, -0.15) is 0 Å². The number of nitrogens with one attached hydrogen (secondary N) is 1. The summed E-state index contributed by atoms with van der Waals surface area (Å²) in [6, 6.07) is 6.12. The quantitative estimate of drug-likeness (QED) is 0.783. The highest BCUT2D eigenvalue weighted by Crippen LogP contribution is 2.15. The number of pyridine rings is 1. The molecule has 1 aromatic rings. The molecular formula is C14H25N3. The SMILES string of the molecule is CCC(C)(Cc1ccccn1)NCCN(C)C. The lowest BCUT2D eigenvalue weighted by atomic mass is 9.92. The van der Waals surface area contributed by atoms with Crippen molar-refractivity contribution in [3.8, 4) is 0 Å². The van der Waals surface area contributed by atoms with Gasteiger partial charge in [-0.25, -0.2) is 0 Å². The lowest BCUT2D eigenvalue weighted by Crippen LogP contribution is -2.46. The molecule has 0 saturated heterocycles. The first kappa shape index (κ1) is 14.1. The predicted octanol–water partition coefficient (Wildman–Crippen LogP) is 1.94. The van der Waals surface area contributed by atoms with Gasteiger partial charge in [0.1, 0.15) is 0 Å². The zero-order chi connectivity index (χ0) is 12.7. The first-order valence-electron chi connectivity index (χ1n) is 6.35. The van der Waals surface area contributed by atoms with Crippen molar-refractivity contribution in [3.05, 3.63) is 30.1 Å². The fraction of sp³-hybridized carbons (Fsp3) is 0.643. The van der Waals surface area contributed by atoms with Gasteiger partial charge in [-0.1, -0.05) is 13.0 Å². The van der Waals surface area contributed by atoms with Crippen molar-refractivity contribution in [2.45, 2.75) is 32.2 Å². The van der Waals surface area contributed by atoms with Crippen LogP contribution in [0.3, 0.4) is 0 Å². The Bertz CT molecular complexity index is 311. The van der Waals surface area contributed by atoms with E-state index in [4.69, 9.17) is 0 Å². The van der Waals surface area contributed by atoms with Crippen LogP contribution in [-0.4, -0.2) is 42.6 Å². The van der Waals surface area contributed by atoms with Gasteiger partial charge >= 0.3 is 0 Å². The van der Waals surface area contributed by atoms with E-state index in [0.29, 0.717) is 0 Å². The summed E-state index contributed by atoms with van der Waals surface area (Å²) in [6.07, 6.45) is 3.96. The van der Waals surface area contributed by atoms with E-state index in [2.05, 4.69) is 55.3 Å². The van der Waals surface area contributed by atoms with Gasteiger partial charge in [0.05, 0.1) is 0 Å². The standard InChI is InChI=1S/C14H25N3/c1-5-14(2,16-10-11-17(3)4)12-13-8-6-7-9-15-13/h6-9,16H,5,10-12H2,1-4H3. The minimum absolute atomic E-state index is 0.143. The summed E-state index contributed by atoms with van der Waals surface area (Å²) < 4.78 is 0. The van der Waals surface area contributed by atoms with Crippen LogP contribution in [0.1, 0.15) is 26.0 Å². The first-order valence-corrected chi connectivity index (χ1v) is 6.35. The van der Waals surface area contributed by atoms with E-state index in [1.807, 2.05) is 12.3 Å². The summed E-state index contributed by atoms with van der Waals surface area (Å²) in [5.41, 5.74) is 1.30. The maximum atomic E-state index is 4.40. The Morgan fingerprint density at radius 1 is 1.35 bits per heavy atom. The van der Waals surface area contributed by atoms with E-state index < -0.39 is 0 Å². The zero-order valence-corrected chi connectivity index (χ0v) is 11.5. The number of hydrogen-bond donors (Lipinski definition) is 1. The van der Waals surface area contributed by atoms with Crippen molar-refractivity contribution >= 4 is 0 Å². The first-order chi connectivity index (χ1) is 8.06. The summed E-state index contributed by atoms with van der Waals surface area (Å²) in [4.78, 5) is 6.60. The lowest BCUT2D eigenvalue weighted by Gasteiger charge is -2.30. The molecule has 0 saturated carbocycles. The maximum Gasteiger partial charge on any atom is 0.0421 e. The number of nitrogens with zero attached hydrogens (tertiary/aromatic N) is 2. The Hall–Kier alpha value is -0.930. The molecule has 1 atom stereocenters. The Labute approximate surface area is 105 Å².